The van der Waals surface area contributed by atoms with Crippen LogP contribution >= 0.6 is 0 Å². The molecule has 3 aromatic heterocycles. The highest BCUT2D eigenvalue weighted by Crippen LogP contribution is 2.32. The minimum absolute atomic E-state index is 0.125. The molecule has 126 valence electrons. The average molecular weight is 334 g/mol. The number of hydrogen-bond acceptors (Lipinski definition) is 5. The van der Waals surface area contributed by atoms with E-state index < -0.39 is 0 Å². The summed E-state index contributed by atoms with van der Waals surface area (Å²) in [4.78, 5) is 21.5. The molecule has 7 nitrogen and oxygen atoms in total. The molecule has 0 unspecified atom stereocenters. The second-order valence-corrected chi connectivity index (χ2v) is 6.45. The highest BCUT2D eigenvalue weighted by Gasteiger charge is 2.29. The third kappa shape index (κ3) is 2.47. The molecule has 1 aliphatic heterocycles. The van der Waals surface area contributed by atoms with Crippen LogP contribution in [0.15, 0.2) is 29.2 Å². The molecule has 3 aromatic rings. The van der Waals surface area contributed by atoms with Gasteiger partial charge in [-0.25, -0.2) is 0 Å². The van der Waals surface area contributed by atoms with Gasteiger partial charge in [-0.05, 0) is 38.5 Å². The van der Waals surface area contributed by atoms with Gasteiger partial charge in [0.25, 0.3) is 5.56 Å². The maximum atomic E-state index is 12.3. The summed E-state index contributed by atoms with van der Waals surface area (Å²) in [5, 5.41) is 14.1. The maximum absolute atomic E-state index is 12.3. The number of nitrogens with zero attached hydrogens (tertiary/aromatic N) is 5. The molecular formula is C18H18N6O. The van der Waals surface area contributed by atoms with Crippen LogP contribution in [0.5, 0.6) is 0 Å². The van der Waals surface area contributed by atoms with Crippen molar-refractivity contribution in [3.8, 4) is 6.07 Å². The van der Waals surface area contributed by atoms with Crippen LogP contribution < -0.4 is 10.5 Å². The number of pyridine rings is 2. The Morgan fingerprint density at radius 3 is 2.96 bits per heavy atom. The van der Waals surface area contributed by atoms with Gasteiger partial charge >= 0.3 is 0 Å². The van der Waals surface area contributed by atoms with Crippen molar-refractivity contribution in [2.24, 2.45) is 0 Å². The standard InChI is InChI=1S/C18H18N6O/c1-11-8-12(2)24(22-11)13-5-7-23(10-13)17-14(9-19)18(25)21-15-4-3-6-20-16(15)17/h3-4,6,8,13H,5,7,10H2,1-2H3,(H,21,25)/t13-/m1/s1. The first-order chi connectivity index (χ1) is 12.1. The Labute approximate surface area is 144 Å². The number of hydrogen-bond donors (Lipinski definition) is 1. The number of aromatic nitrogens is 4. The third-order valence-electron chi connectivity index (χ3n) is 4.73. The zero-order valence-electron chi connectivity index (χ0n) is 14.2. The van der Waals surface area contributed by atoms with Crippen molar-refractivity contribution >= 4 is 16.7 Å². The van der Waals surface area contributed by atoms with E-state index in [9.17, 15) is 10.1 Å². The summed E-state index contributed by atoms with van der Waals surface area (Å²) in [5.74, 6) is 0. The van der Waals surface area contributed by atoms with Gasteiger partial charge in [-0.3, -0.25) is 14.5 Å². The monoisotopic (exact) mass is 334 g/mol. The zero-order valence-corrected chi connectivity index (χ0v) is 14.2. The highest BCUT2D eigenvalue weighted by atomic mass is 16.1. The Bertz CT molecular complexity index is 1060. The van der Waals surface area contributed by atoms with Crippen LogP contribution in [0.25, 0.3) is 11.0 Å². The van der Waals surface area contributed by atoms with Crippen molar-refractivity contribution in [1.29, 1.82) is 5.26 Å². The number of aryl methyl sites for hydroxylation is 2. The summed E-state index contributed by atoms with van der Waals surface area (Å²) in [7, 11) is 0. The molecule has 7 heteroatoms. The summed E-state index contributed by atoms with van der Waals surface area (Å²) in [6.07, 6.45) is 2.59. The largest absolute Gasteiger partial charge is 0.366 e. The Morgan fingerprint density at radius 2 is 2.24 bits per heavy atom. The maximum Gasteiger partial charge on any atom is 0.268 e. The Balaban J connectivity index is 1.79. The van der Waals surface area contributed by atoms with Gasteiger partial charge in [0.1, 0.15) is 17.1 Å². The fraction of sp³-hybridized carbons (Fsp3) is 0.333. The van der Waals surface area contributed by atoms with Gasteiger partial charge in [0, 0.05) is 25.0 Å². The van der Waals surface area contributed by atoms with Crippen molar-refractivity contribution in [1.82, 2.24) is 19.7 Å². The van der Waals surface area contributed by atoms with Crippen LogP contribution in [0.3, 0.4) is 0 Å². The molecule has 1 N–H and O–H groups in total. The molecule has 0 saturated carbocycles. The lowest BCUT2D eigenvalue weighted by molar-refractivity contribution is 0.481. The molecule has 0 amide bonds. The summed E-state index contributed by atoms with van der Waals surface area (Å²) >= 11 is 0. The molecule has 1 aliphatic rings. The van der Waals surface area contributed by atoms with Gasteiger partial charge in [-0.15, -0.1) is 0 Å². The van der Waals surface area contributed by atoms with Crippen LogP contribution in [0.4, 0.5) is 5.69 Å². The van der Waals surface area contributed by atoms with E-state index in [1.807, 2.05) is 24.6 Å². The van der Waals surface area contributed by atoms with Crippen LogP contribution in [0, 0.1) is 25.2 Å². The van der Waals surface area contributed by atoms with E-state index in [0.717, 1.165) is 24.4 Å². The number of H-pyrrole nitrogens is 1. The summed E-state index contributed by atoms with van der Waals surface area (Å²) in [6.45, 7) is 5.49. The molecular weight excluding hydrogens is 316 g/mol. The van der Waals surface area contributed by atoms with E-state index >= 15 is 0 Å². The number of nitriles is 1. The van der Waals surface area contributed by atoms with Gasteiger partial charge in [-0.2, -0.15) is 10.4 Å². The minimum Gasteiger partial charge on any atom is -0.366 e. The van der Waals surface area contributed by atoms with Crippen molar-refractivity contribution in [3.05, 3.63) is 51.7 Å². The molecule has 1 saturated heterocycles. The van der Waals surface area contributed by atoms with Gasteiger partial charge in [-0.1, -0.05) is 0 Å². The minimum atomic E-state index is -0.368. The van der Waals surface area contributed by atoms with E-state index in [1.165, 1.54) is 0 Å². The molecule has 4 rings (SSSR count). The molecule has 0 aromatic carbocycles. The van der Waals surface area contributed by atoms with Crippen molar-refractivity contribution in [2.45, 2.75) is 26.3 Å². The first kappa shape index (κ1) is 15.4. The molecule has 1 atom stereocenters. The zero-order chi connectivity index (χ0) is 17.6. The topological polar surface area (TPSA) is 90.6 Å². The van der Waals surface area contributed by atoms with Crippen LogP contribution in [0.2, 0.25) is 0 Å². The molecule has 0 aliphatic carbocycles. The van der Waals surface area contributed by atoms with Crippen molar-refractivity contribution in [2.75, 3.05) is 18.0 Å². The predicted molar refractivity (Wildman–Crippen MR) is 94.6 cm³/mol. The van der Waals surface area contributed by atoms with Gasteiger partial charge in [0.2, 0.25) is 0 Å². The lowest BCUT2D eigenvalue weighted by atomic mass is 10.1. The van der Waals surface area contributed by atoms with Gasteiger partial charge in [0.05, 0.1) is 22.9 Å². The Kier molecular flexibility index (Phi) is 3.53. The summed E-state index contributed by atoms with van der Waals surface area (Å²) in [5.41, 5.74) is 3.82. The number of fused-ring (bicyclic) bond motifs is 1. The Hall–Kier alpha value is -3.14. The van der Waals surface area contributed by atoms with E-state index in [2.05, 4.69) is 32.1 Å². The molecule has 0 radical (unpaired) electrons. The smallest absolute Gasteiger partial charge is 0.268 e. The predicted octanol–water partition coefficient (Wildman–Crippen LogP) is 2.06. The van der Waals surface area contributed by atoms with E-state index in [4.69, 9.17) is 0 Å². The molecule has 25 heavy (non-hydrogen) atoms. The first-order valence-corrected chi connectivity index (χ1v) is 8.27. The fourth-order valence-corrected chi connectivity index (χ4v) is 3.68. The van der Waals surface area contributed by atoms with E-state index in [0.29, 0.717) is 23.3 Å². The quantitative estimate of drug-likeness (QED) is 0.774. The van der Waals surface area contributed by atoms with Crippen LogP contribution in [-0.2, 0) is 0 Å². The van der Waals surface area contributed by atoms with Crippen molar-refractivity contribution in [3.63, 3.8) is 0 Å². The average Bonchev–Trinajstić information content (AvgIpc) is 3.19. The molecule has 1 fully saturated rings. The fourth-order valence-electron chi connectivity index (χ4n) is 3.68. The second-order valence-electron chi connectivity index (χ2n) is 6.45. The number of anilines is 1. The SMILES string of the molecule is Cc1cc(C)n([C@@H]2CCN(c3c(C#N)c(=O)[nH]c4cccnc34)C2)n1. The van der Waals surface area contributed by atoms with Crippen LogP contribution in [-0.4, -0.2) is 32.8 Å². The lowest BCUT2D eigenvalue weighted by Crippen LogP contribution is -2.26. The van der Waals surface area contributed by atoms with Crippen LogP contribution in [0.1, 0.15) is 29.4 Å². The second kappa shape index (κ2) is 5.74. The number of nitrogens with one attached hydrogen (secondary N) is 1. The van der Waals surface area contributed by atoms with Gasteiger partial charge < -0.3 is 9.88 Å². The highest BCUT2D eigenvalue weighted by molar-refractivity contribution is 5.91. The lowest BCUT2D eigenvalue weighted by Gasteiger charge is -2.21. The van der Waals surface area contributed by atoms with Crippen molar-refractivity contribution < 1.29 is 0 Å². The summed E-state index contributed by atoms with van der Waals surface area (Å²) < 4.78 is 2.05. The Morgan fingerprint density at radius 1 is 1.40 bits per heavy atom. The van der Waals surface area contributed by atoms with E-state index in [1.54, 1.807) is 12.3 Å². The molecule has 4 heterocycles. The molecule has 0 bridgehead atoms. The number of rotatable bonds is 2. The molecule has 0 spiro atoms. The normalized spacial score (nSPS) is 17.2. The first-order valence-electron chi connectivity index (χ1n) is 8.27. The number of aromatic amines is 1. The van der Waals surface area contributed by atoms with E-state index in [-0.39, 0.29) is 17.2 Å². The third-order valence-corrected chi connectivity index (χ3v) is 4.73. The summed E-state index contributed by atoms with van der Waals surface area (Å²) in [6, 6.07) is 7.92. The van der Waals surface area contributed by atoms with Gasteiger partial charge in [0.15, 0.2) is 0 Å².